The number of piperidine rings is 1. The Kier molecular flexibility index (Phi) is 8.42. The summed E-state index contributed by atoms with van der Waals surface area (Å²) in [5, 5.41) is 5.91. The number of nitrogens with one attached hydrogen (secondary N) is 1. The average molecular weight is 470 g/mol. The second-order valence-electron chi connectivity index (χ2n) is 10.5. The van der Waals surface area contributed by atoms with Crippen LogP contribution in [0.1, 0.15) is 68.3 Å². The van der Waals surface area contributed by atoms with Crippen LogP contribution in [0.15, 0.2) is 35.7 Å². The molecule has 180 valence electrons. The minimum absolute atomic E-state index is 0.0428. The van der Waals surface area contributed by atoms with E-state index in [-0.39, 0.29) is 5.91 Å². The molecule has 1 N–H and O–H groups in total. The Morgan fingerprint density at radius 1 is 1.06 bits per heavy atom. The molecule has 0 bridgehead atoms. The van der Waals surface area contributed by atoms with Gasteiger partial charge in [0.05, 0.1) is 26.7 Å². The highest BCUT2D eigenvalue weighted by atomic mass is 32.1. The molecule has 2 aliphatic rings. The fourth-order valence-corrected chi connectivity index (χ4v) is 6.65. The van der Waals surface area contributed by atoms with Crippen molar-refractivity contribution in [1.29, 1.82) is 0 Å². The van der Waals surface area contributed by atoms with E-state index >= 15 is 0 Å². The number of para-hydroxylation sites is 1. The Morgan fingerprint density at radius 3 is 2.52 bits per heavy atom. The predicted molar refractivity (Wildman–Crippen MR) is 138 cm³/mol. The van der Waals surface area contributed by atoms with Crippen LogP contribution in [0, 0.1) is 11.8 Å². The van der Waals surface area contributed by atoms with Crippen LogP contribution in [0.3, 0.4) is 0 Å². The molecule has 1 aliphatic heterocycles. The van der Waals surface area contributed by atoms with Gasteiger partial charge in [0.1, 0.15) is 5.69 Å². The first kappa shape index (κ1) is 24.2. The van der Waals surface area contributed by atoms with Gasteiger partial charge in [0.15, 0.2) is 5.13 Å². The smallest absolute Gasteiger partial charge is 0.270 e. The van der Waals surface area contributed by atoms with E-state index in [2.05, 4.69) is 29.5 Å². The molecule has 4 rings (SSSR count). The van der Waals surface area contributed by atoms with Crippen molar-refractivity contribution in [3.8, 4) is 0 Å². The van der Waals surface area contributed by atoms with Gasteiger partial charge in [-0.3, -0.25) is 4.79 Å². The summed E-state index contributed by atoms with van der Waals surface area (Å²) in [6.07, 6.45) is 12.4. The first-order chi connectivity index (χ1) is 16.0. The Bertz CT molecular complexity index is 877. The molecule has 5 nitrogen and oxygen atoms in total. The number of aromatic nitrogens is 1. The topological polar surface area (TPSA) is 45.2 Å². The van der Waals surface area contributed by atoms with Crippen molar-refractivity contribution in [2.45, 2.75) is 57.8 Å². The first-order valence-electron chi connectivity index (χ1n) is 12.9. The molecule has 1 aromatic carbocycles. The van der Waals surface area contributed by atoms with E-state index in [0.29, 0.717) is 11.6 Å². The third-order valence-corrected chi connectivity index (χ3v) is 8.56. The van der Waals surface area contributed by atoms with E-state index < -0.39 is 0 Å². The van der Waals surface area contributed by atoms with Crippen LogP contribution in [0.4, 0.5) is 10.8 Å². The highest BCUT2D eigenvalue weighted by molar-refractivity contribution is 7.14. The van der Waals surface area contributed by atoms with Gasteiger partial charge in [-0.15, -0.1) is 11.3 Å². The van der Waals surface area contributed by atoms with Crippen molar-refractivity contribution in [1.82, 2.24) is 10.3 Å². The van der Waals surface area contributed by atoms with Gasteiger partial charge in [-0.1, -0.05) is 50.3 Å². The van der Waals surface area contributed by atoms with Gasteiger partial charge in [0.25, 0.3) is 5.91 Å². The molecule has 1 saturated carbocycles. The molecule has 1 saturated heterocycles. The van der Waals surface area contributed by atoms with Crippen LogP contribution < -0.4 is 10.2 Å². The number of likely N-dealkylation sites (tertiary alicyclic amines) is 1. The maximum atomic E-state index is 12.8. The van der Waals surface area contributed by atoms with Crippen molar-refractivity contribution >= 4 is 28.1 Å². The molecule has 2 aromatic rings. The van der Waals surface area contributed by atoms with E-state index in [1.807, 2.05) is 35.5 Å². The molecule has 6 heteroatoms. The number of anilines is 2. The summed E-state index contributed by atoms with van der Waals surface area (Å²) >= 11 is 1.52. The summed E-state index contributed by atoms with van der Waals surface area (Å²) < 4.78 is 1.19. The summed E-state index contributed by atoms with van der Waals surface area (Å²) in [7, 11) is 4.45. The van der Waals surface area contributed by atoms with Crippen molar-refractivity contribution < 1.29 is 9.28 Å². The van der Waals surface area contributed by atoms with Gasteiger partial charge in [-0.25, -0.2) is 4.98 Å². The molecule has 2 heterocycles. The predicted octanol–water partition coefficient (Wildman–Crippen LogP) is 5.86. The number of benzene rings is 1. The van der Waals surface area contributed by atoms with Gasteiger partial charge >= 0.3 is 0 Å². The highest BCUT2D eigenvalue weighted by Gasteiger charge is 2.33. The second-order valence-corrected chi connectivity index (χ2v) is 11.4. The van der Waals surface area contributed by atoms with Crippen LogP contribution >= 0.6 is 11.3 Å². The fraction of sp³-hybridized carbons (Fsp3) is 0.630. The number of rotatable bonds is 7. The zero-order valence-corrected chi connectivity index (χ0v) is 21.3. The second kappa shape index (κ2) is 11.5. The minimum atomic E-state index is -0.0428. The van der Waals surface area contributed by atoms with Gasteiger partial charge in [0.2, 0.25) is 0 Å². The molecule has 1 amide bonds. The lowest BCUT2D eigenvalue weighted by molar-refractivity contribution is -0.920. The molecule has 1 unspecified atom stereocenters. The Morgan fingerprint density at radius 2 is 1.76 bits per heavy atom. The fourth-order valence-electron chi connectivity index (χ4n) is 5.86. The van der Waals surface area contributed by atoms with Gasteiger partial charge < -0.3 is 14.7 Å². The normalized spacial score (nSPS) is 24.6. The largest absolute Gasteiger partial charge is 0.350 e. The molecule has 0 radical (unpaired) electrons. The first-order valence-corrected chi connectivity index (χ1v) is 13.8. The summed E-state index contributed by atoms with van der Waals surface area (Å²) in [5.74, 6) is 1.41. The summed E-state index contributed by atoms with van der Waals surface area (Å²) in [6, 6.07) is 10.1. The standard InChI is InChI=1S/C27H40N4OS/c1-30(24-15-9-6-10-16-24)27-29-25(21-33-27)26(32)28-18-23-14-11-17-31(2,20-23)19-22-12-7-4-3-5-8-13-22/h6,9-10,15-16,21-23H,3-5,7-8,11-14,17-20H2,1-2H3/p+1/t23-,31?/m0/s1. The van der Waals surface area contributed by atoms with E-state index in [1.54, 1.807) is 0 Å². The number of hydrogen-bond acceptors (Lipinski definition) is 4. The number of hydrogen-bond donors (Lipinski definition) is 1. The van der Waals surface area contributed by atoms with Crippen molar-refractivity contribution in [3.05, 3.63) is 41.4 Å². The number of carbonyl (C=O) groups excluding carboxylic acids is 1. The van der Waals surface area contributed by atoms with E-state index in [0.717, 1.165) is 23.3 Å². The molecule has 0 spiro atoms. The van der Waals surface area contributed by atoms with E-state index in [9.17, 15) is 4.79 Å². The average Bonchev–Trinajstić information content (AvgIpc) is 3.30. The zero-order chi connectivity index (χ0) is 23.1. The quantitative estimate of drug-likeness (QED) is 0.517. The lowest BCUT2D eigenvalue weighted by atomic mass is 9.88. The third kappa shape index (κ3) is 6.80. The molecular formula is C27H41N4OS+. The maximum Gasteiger partial charge on any atom is 0.270 e. The van der Waals surface area contributed by atoms with Crippen molar-refractivity contribution in [3.63, 3.8) is 0 Å². The molecule has 1 aromatic heterocycles. The monoisotopic (exact) mass is 469 g/mol. The summed E-state index contributed by atoms with van der Waals surface area (Å²) in [5.41, 5.74) is 1.60. The number of amides is 1. The molecule has 2 fully saturated rings. The Labute approximate surface area is 203 Å². The lowest BCUT2D eigenvalue weighted by Crippen LogP contribution is -2.55. The van der Waals surface area contributed by atoms with Gasteiger partial charge in [0, 0.05) is 36.5 Å². The number of thiazole rings is 1. The Balaban J connectivity index is 1.28. The van der Waals surface area contributed by atoms with Crippen LogP contribution in [0.2, 0.25) is 0 Å². The van der Waals surface area contributed by atoms with Crippen LogP contribution in [0.5, 0.6) is 0 Å². The zero-order valence-electron chi connectivity index (χ0n) is 20.5. The summed E-state index contributed by atoms with van der Waals surface area (Å²) in [6.45, 7) is 4.57. The highest BCUT2D eigenvalue weighted by Crippen LogP contribution is 2.29. The Hall–Kier alpha value is -1.92. The lowest BCUT2D eigenvalue weighted by Gasteiger charge is -2.43. The van der Waals surface area contributed by atoms with E-state index in [4.69, 9.17) is 0 Å². The van der Waals surface area contributed by atoms with Crippen LogP contribution in [-0.2, 0) is 0 Å². The number of carbonyl (C=O) groups is 1. The summed E-state index contributed by atoms with van der Waals surface area (Å²) in [4.78, 5) is 19.4. The molecule has 33 heavy (non-hydrogen) atoms. The number of quaternary nitrogens is 1. The van der Waals surface area contributed by atoms with Crippen molar-refractivity contribution in [2.75, 3.05) is 45.2 Å². The number of nitrogens with zero attached hydrogens (tertiary/aromatic N) is 3. The maximum absolute atomic E-state index is 12.8. The molecule has 1 aliphatic carbocycles. The minimum Gasteiger partial charge on any atom is -0.350 e. The van der Waals surface area contributed by atoms with Crippen molar-refractivity contribution in [2.24, 2.45) is 11.8 Å². The van der Waals surface area contributed by atoms with Gasteiger partial charge in [-0.2, -0.15) is 0 Å². The van der Waals surface area contributed by atoms with Crippen LogP contribution in [-0.4, -0.2) is 55.6 Å². The third-order valence-electron chi connectivity index (χ3n) is 7.64. The SMILES string of the molecule is CN(c1ccccc1)c1nc(C(=O)NC[C@@H]2CCC[N+](C)(CC3CCCCCCC3)C2)cs1. The van der Waals surface area contributed by atoms with Gasteiger partial charge in [-0.05, 0) is 37.8 Å². The molecule has 2 atom stereocenters. The van der Waals surface area contributed by atoms with Crippen LogP contribution in [0.25, 0.3) is 0 Å². The van der Waals surface area contributed by atoms with E-state index in [1.165, 1.54) is 93.2 Å². The molecular weight excluding hydrogens is 428 g/mol.